The fraction of sp³-hybridized carbons (Fsp3) is 0.364. The molecule has 0 radical (unpaired) electrons. The van der Waals surface area contributed by atoms with Crippen LogP contribution in [0.3, 0.4) is 0 Å². The lowest BCUT2D eigenvalue weighted by atomic mass is 10.3. The van der Waals surface area contributed by atoms with Crippen LogP contribution < -0.4 is 5.32 Å². The van der Waals surface area contributed by atoms with E-state index in [0.29, 0.717) is 23.9 Å². The Kier molecular flexibility index (Phi) is 2.14. The van der Waals surface area contributed by atoms with Gasteiger partial charge in [0.1, 0.15) is 17.2 Å². The second-order valence-corrected chi connectivity index (χ2v) is 4.12. The van der Waals surface area contributed by atoms with Crippen molar-refractivity contribution in [2.75, 3.05) is 0 Å². The lowest BCUT2D eigenvalue weighted by molar-refractivity contribution is 0.590. The molecule has 0 aliphatic heterocycles. The minimum atomic E-state index is -0.621. The Morgan fingerprint density at radius 2 is 2.19 bits per heavy atom. The minimum absolute atomic E-state index is 0.203. The number of nitrogens with one attached hydrogen (secondary N) is 2. The molecule has 1 aromatic heterocycles. The van der Waals surface area contributed by atoms with E-state index in [9.17, 15) is 8.78 Å². The van der Waals surface area contributed by atoms with Crippen molar-refractivity contribution in [2.24, 2.45) is 0 Å². The number of hydrogen-bond donors (Lipinski definition) is 2. The van der Waals surface area contributed by atoms with Crippen LogP contribution in [0, 0.1) is 11.6 Å². The number of imidazole rings is 1. The average Bonchev–Trinajstić information content (AvgIpc) is 2.96. The highest BCUT2D eigenvalue weighted by Gasteiger charge is 2.20. The molecule has 2 N–H and O–H groups in total. The maximum atomic E-state index is 13.3. The van der Waals surface area contributed by atoms with Crippen LogP contribution in [-0.4, -0.2) is 16.0 Å². The molecular formula is C11H11F2N3. The standard InChI is InChI=1S/C11H11F2N3/c12-6-3-8(13)11-9(4-6)15-10(16-11)5-14-7-1-2-7/h3-4,7,14H,1-2,5H2,(H,15,16). The first-order valence-electron chi connectivity index (χ1n) is 5.29. The maximum absolute atomic E-state index is 13.3. The van der Waals surface area contributed by atoms with Crippen molar-refractivity contribution in [2.45, 2.75) is 25.4 Å². The van der Waals surface area contributed by atoms with Gasteiger partial charge in [-0.15, -0.1) is 0 Å². The Morgan fingerprint density at radius 3 is 2.94 bits per heavy atom. The quantitative estimate of drug-likeness (QED) is 0.836. The van der Waals surface area contributed by atoms with E-state index in [0.717, 1.165) is 6.07 Å². The Bertz CT molecular complexity index is 531. The van der Waals surface area contributed by atoms with Gasteiger partial charge in [-0.1, -0.05) is 0 Å². The molecule has 1 heterocycles. The van der Waals surface area contributed by atoms with E-state index in [1.807, 2.05) is 0 Å². The number of aromatic nitrogens is 2. The molecule has 0 atom stereocenters. The molecule has 3 rings (SSSR count). The third kappa shape index (κ3) is 1.78. The van der Waals surface area contributed by atoms with E-state index in [1.165, 1.54) is 18.9 Å². The molecule has 1 aromatic carbocycles. The van der Waals surface area contributed by atoms with Crippen LogP contribution in [0.1, 0.15) is 18.7 Å². The molecule has 1 aliphatic carbocycles. The maximum Gasteiger partial charge on any atom is 0.153 e. The number of H-pyrrole nitrogens is 1. The van der Waals surface area contributed by atoms with Gasteiger partial charge in [0.2, 0.25) is 0 Å². The molecular weight excluding hydrogens is 212 g/mol. The van der Waals surface area contributed by atoms with Gasteiger partial charge in [-0.25, -0.2) is 13.8 Å². The van der Waals surface area contributed by atoms with Gasteiger partial charge < -0.3 is 10.3 Å². The minimum Gasteiger partial charge on any atom is -0.341 e. The highest BCUT2D eigenvalue weighted by atomic mass is 19.1. The van der Waals surface area contributed by atoms with E-state index >= 15 is 0 Å². The van der Waals surface area contributed by atoms with Gasteiger partial charge in [0.25, 0.3) is 0 Å². The monoisotopic (exact) mass is 223 g/mol. The molecule has 3 nitrogen and oxygen atoms in total. The number of halogens is 2. The molecule has 1 aliphatic rings. The second kappa shape index (κ2) is 3.52. The molecule has 84 valence electrons. The fourth-order valence-electron chi connectivity index (χ4n) is 1.71. The zero-order valence-corrected chi connectivity index (χ0v) is 8.56. The summed E-state index contributed by atoms with van der Waals surface area (Å²) >= 11 is 0. The van der Waals surface area contributed by atoms with Crippen molar-refractivity contribution in [1.82, 2.24) is 15.3 Å². The van der Waals surface area contributed by atoms with E-state index in [1.54, 1.807) is 0 Å². The summed E-state index contributed by atoms with van der Waals surface area (Å²) in [4.78, 5) is 7.00. The van der Waals surface area contributed by atoms with Crippen LogP contribution in [0.15, 0.2) is 12.1 Å². The summed E-state index contributed by atoms with van der Waals surface area (Å²) in [5.74, 6) is -0.564. The molecule has 5 heteroatoms. The lowest BCUT2D eigenvalue weighted by Gasteiger charge is -1.96. The van der Waals surface area contributed by atoms with Crippen LogP contribution in [0.25, 0.3) is 11.0 Å². The van der Waals surface area contributed by atoms with E-state index in [2.05, 4.69) is 15.3 Å². The molecule has 0 saturated heterocycles. The summed E-state index contributed by atoms with van der Waals surface area (Å²) in [6.45, 7) is 0.570. The molecule has 0 amide bonds. The van der Waals surface area contributed by atoms with Gasteiger partial charge in [-0.3, -0.25) is 0 Å². The highest BCUT2D eigenvalue weighted by Crippen LogP contribution is 2.20. The van der Waals surface area contributed by atoms with Crippen molar-refractivity contribution < 1.29 is 8.78 Å². The Hall–Kier alpha value is -1.49. The van der Waals surface area contributed by atoms with Crippen molar-refractivity contribution in [3.8, 4) is 0 Å². The molecule has 2 aromatic rings. The summed E-state index contributed by atoms with van der Waals surface area (Å²) in [5.41, 5.74) is 0.610. The number of benzene rings is 1. The molecule has 1 fully saturated rings. The second-order valence-electron chi connectivity index (χ2n) is 4.12. The van der Waals surface area contributed by atoms with Crippen molar-refractivity contribution in [3.05, 3.63) is 29.6 Å². The van der Waals surface area contributed by atoms with Gasteiger partial charge >= 0.3 is 0 Å². The van der Waals surface area contributed by atoms with Gasteiger partial charge in [0.15, 0.2) is 5.82 Å². The number of rotatable bonds is 3. The SMILES string of the molecule is Fc1cc(F)c2nc(CNC3CC3)[nH]c2c1. The molecule has 0 unspecified atom stereocenters. The average molecular weight is 223 g/mol. The van der Waals surface area contributed by atoms with E-state index in [-0.39, 0.29) is 5.52 Å². The van der Waals surface area contributed by atoms with E-state index < -0.39 is 11.6 Å². The summed E-state index contributed by atoms with van der Waals surface area (Å²) in [5, 5.41) is 3.26. The highest BCUT2D eigenvalue weighted by molar-refractivity contribution is 5.75. The first-order chi connectivity index (χ1) is 7.72. The molecule has 16 heavy (non-hydrogen) atoms. The third-order valence-corrected chi connectivity index (χ3v) is 2.69. The predicted octanol–water partition coefficient (Wildman–Crippen LogP) is 2.09. The summed E-state index contributed by atoms with van der Waals surface area (Å²) in [6, 6.07) is 2.67. The smallest absolute Gasteiger partial charge is 0.153 e. The number of hydrogen-bond acceptors (Lipinski definition) is 2. The first kappa shape index (κ1) is 9.72. The topological polar surface area (TPSA) is 40.7 Å². The summed E-state index contributed by atoms with van der Waals surface area (Å²) in [6.07, 6.45) is 2.37. The molecule has 0 bridgehead atoms. The van der Waals surface area contributed by atoms with Gasteiger partial charge in [0.05, 0.1) is 12.1 Å². The normalized spacial score (nSPS) is 15.9. The zero-order chi connectivity index (χ0) is 11.1. The largest absolute Gasteiger partial charge is 0.341 e. The van der Waals surface area contributed by atoms with Gasteiger partial charge in [-0.2, -0.15) is 0 Å². The molecule has 0 spiro atoms. The van der Waals surface area contributed by atoms with Crippen LogP contribution in [0.4, 0.5) is 8.78 Å². The summed E-state index contributed by atoms with van der Waals surface area (Å²) < 4.78 is 26.3. The van der Waals surface area contributed by atoms with Crippen LogP contribution in [0.2, 0.25) is 0 Å². The van der Waals surface area contributed by atoms with E-state index in [4.69, 9.17) is 0 Å². The Morgan fingerprint density at radius 1 is 1.38 bits per heavy atom. The lowest BCUT2D eigenvalue weighted by Crippen LogP contribution is -2.16. The van der Waals surface area contributed by atoms with Crippen LogP contribution in [-0.2, 0) is 6.54 Å². The van der Waals surface area contributed by atoms with Crippen molar-refractivity contribution in [3.63, 3.8) is 0 Å². The number of aromatic amines is 1. The fourth-order valence-corrected chi connectivity index (χ4v) is 1.71. The molecule has 1 saturated carbocycles. The first-order valence-corrected chi connectivity index (χ1v) is 5.29. The Balaban J connectivity index is 1.91. The van der Waals surface area contributed by atoms with Crippen molar-refractivity contribution >= 4 is 11.0 Å². The number of nitrogens with zero attached hydrogens (tertiary/aromatic N) is 1. The van der Waals surface area contributed by atoms with Crippen molar-refractivity contribution in [1.29, 1.82) is 0 Å². The number of fused-ring (bicyclic) bond motifs is 1. The van der Waals surface area contributed by atoms with Gasteiger partial charge in [0, 0.05) is 12.1 Å². The summed E-state index contributed by atoms with van der Waals surface area (Å²) in [7, 11) is 0. The van der Waals surface area contributed by atoms with Gasteiger partial charge in [-0.05, 0) is 18.9 Å². The zero-order valence-electron chi connectivity index (χ0n) is 8.56. The Labute approximate surface area is 90.9 Å². The third-order valence-electron chi connectivity index (χ3n) is 2.69. The predicted molar refractivity (Wildman–Crippen MR) is 55.9 cm³/mol. The van der Waals surface area contributed by atoms with Crippen LogP contribution >= 0.6 is 0 Å². The van der Waals surface area contributed by atoms with Crippen LogP contribution in [0.5, 0.6) is 0 Å².